The number of hydrogen-bond donors (Lipinski definition) is 2. The van der Waals surface area contributed by atoms with Crippen molar-refractivity contribution in [2.75, 3.05) is 20.2 Å². The molecule has 34 heavy (non-hydrogen) atoms. The third kappa shape index (κ3) is 5.68. The van der Waals surface area contributed by atoms with Gasteiger partial charge in [0.25, 0.3) is 5.69 Å². The number of ether oxygens (including phenoxy) is 1. The minimum Gasteiger partial charge on any atom is -0.478 e. The Kier molecular flexibility index (Phi) is 7.80. The largest absolute Gasteiger partial charge is 0.478 e. The predicted octanol–water partition coefficient (Wildman–Crippen LogP) is 3.59. The van der Waals surface area contributed by atoms with Crippen LogP contribution in [0, 0.1) is 10.1 Å². The molecule has 1 atom stereocenters. The molecule has 178 valence electrons. The van der Waals surface area contributed by atoms with Gasteiger partial charge in [-0.15, -0.1) is 0 Å². The molecule has 1 unspecified atom stereocenters. The molecule has 0 aliphatic carbocycles. The van der Waals surface area contributed by atoms with Crippen molar-refractivity contribution < 1.29 is 24.4 Å². The molecular weight excluding hydrogens is 438 g/mol. The molecule has 2 N–H and O–H groups in total. The highest BCUT2D eigenvalue weighted by Gasteiger charge is 2.37. The molecule has 0 spiro atoms. The van der Waals surface area contributed by atoms with E-state index in [9.17, 15) is 24.8 Å². The minimum atomic E-state index is -1.22. The van der Waals surface area contributed by atoms with E-state index >= 15 is 0 Å². The number of carbonyl (C=O) groups is 2. The number of aliphatic carboxylic acids is 1. The van der Waals surface area contributed by atoms with Gasteiger partial charge < -0.3 is 15.2 Å². The minimum absolute atomic E-state index is 0.0563. The summed E-state index contributed by atoms with van der Waals surface area (Å²) in [6, 6.07) is 15.5. The summed E-state index contributed by atoms with van der Waals surface area (Å²) < 4.78 is 5.53. The van der Waals surface area contributed by atoms with Crippen molar-refractivity contribution in [2.45, 2.75) is 26.3 Å². The highest BCUT2D eigenvalue weighted by atomic mass is 16.6. The van der Waals surface area contributed by atoms with Crippen LogP contribution in [0.15, 0.2) is 77.1 Å². The zero-order chi connectivity index (χ0) is 24.8. The topological polar surface area (TPSA) is 122 Å². The molecule has 2 aromatic rings. The Morgan fingerprint density at radius 3 is 2.41 bits per heavy atom. The SMILES string of the molecule is CC1=C(C(=O)O)C(c2cccc([N+](=O)[O-])c2)C(C(=O)OCCN(C)Cc2ccccc2)=C(C)N1. The molecular formula is C25H27N3O6. The molecule has 0 amide bonds. The first-order valence-corrected chi connectivity index (χ1v) is 10.7. The second kappa shape index (κ2) is 10.8. The van der Waals surface area contributed by atoms with Crippen LogP contribution < -0.4 is 5.32 Å². The van der Waals surface area contributed by atoms with Gasteiger partial charge in [-0.05, 0) is 32.0 Å². The zero-order valence-electron chi connectivity index (χ0n) is 19.3. The van der Waals surface area contributed by atoms with Crippen molar-refractivity contribution in [2.24, 2.45) is 0 Å². The molecule has 3 rings (SSSR count). The highest BCUT2D eigenvalue weighted by molar-refractivity contribution is 5.99. The van der Waals surface area contributed by atoms with Crippen LogP contribution in [-0.2, 0) is 20.9 Å². The lowest BCUT2D eigenvalue weighted by Crippen LogP contribution is -2.32. The number of nitrogens with zero attached hydrogens (tertiary/aromatic N) is 2. The summed E-state index contributed by atoms with van der Waals surface area (Å²) in [5.74, 6) is -2.89. The average molecular weight is 466 g/mol. The fraction of sp³-hybridized carbons (Fsp3) is 0.280. The van der Waals surface area contributed by atoms with Crippen molar-refractivity contribution in [3.05, 3.63) is 98.4 Å². The molecule has 0 bridgehead atoms. The number of likely N-dealkylation sites (N-methyl/N-ethyl adjacent to an activating group) is 1. The Bertz CT molecular complexity index is 1160. The van der Waals surface area contributed by atoms with E-state index in [2.05, 4.69) is 5.32 Å². The maximum Gasteiger partial charge on any atom is 0.336 e. The first-order valence-electron chi connectivity index (χ1n) is 10.7. The lowest BCUT2D eigenvalue weighted by molar-refractivity contribution is -0.384. The van der Waals surface area contributed by atoms with Crippen molar-refractivity contribution >= 4 is 17.6 Å². The Labute approximate surface area is 197 Å². The number of rotatable bonds is 9. The average Bonchev–Trinajstić information content (AvgIpc) is 2.78. The van der Waals surface area contributed by atoms with Gasteiger partial charge in [-0.1, -0.05) is 42.5 Å². The monoisotopic (exact) mass is 465 g/mol. The third-order valence-electron chi connectivity index (χ3n) is 5.63. The van der Waals surface area contributed by atoms with E-state index in [-0.39, 0.29) is 23.4 Å². The molecule has 9 heteroatoms. The van der Waals surface area contributed by atoms with Crippen molar-refractivity contribution in [1.82, 2.24) is 10.2 Å². The summed E-state index contributed by atoms with van der Waals surface area (Å²) in [5, 5.41) is 24.1. The number of esters is 1. The smallest absolute Gasteiger partial charge is 0.336 e. The third-order valence-corrected chi connectivity index (χ3v) is 5.63. The maximum absolute atomic E-state index is 13.1. The van der Waals surface area contributed by atoms with Gasteiger partial charge in [0.2, 0.25) is 0 Å². The number of carbonyl (C=O) groups excluding carboxylic acids is 1. The number of allylic oxidation sites excluding steroid dienone is 2. The lowest BCUT2D eigenvalue weighted by atomic mass is 9.80. The molecule has 2 aromatic carbocycles. The van der Waals surface area contributed by atoms with Crippen LogP contribution in [0.25, 0.3) is 0 Å². The number of nitro benzene ring substituents is 1. The number of carboxylic acid groups (broad SMARTS) is 1. The summed E-state index contributed by atoms with van der Waals surface area (Å²) in [6.07, 6.45) is 0. The van der Waals surface area contributed by atoms with Crippen LogP contribution in [-0.4, -0.2) is 47.1 Å². The zero-order valence-corrected chi connectivity index (χ0v) is 19.3. The Hall–Kier alpha value is -3.98. The van der Waals surface area contributed by atoms with Gasteiger partial charge in [0.15, 0.2) is 0 Å². The van der Waals surface area contributed by atoms with Gasteiger partial charge in [0.05, 0.1) is 22.0 Å². The molecule has 1 aliphatic heterocycles. The number of non-ortho nitro benzene ring substituents is 1. The van der Waals surface area contributed by atoms with Crippen LogP contribution in [0.4, 0.5) is 5.69 Å². The Morgan fingerprint density at radius 2 is 1.76 bits per heavy atom. The second-order valence-electron chi connectivity index (χ2n) is 8.15. The van der Waals surface area contributed by atoms with Gasteiger partial charge in [-0.25, -0.2) is 9.59 Å². The van der Waals surface area contributed by atoms with Crippen molar-refractivity contribution in [1.29, 1.82) is 0 Å². The van der Waals surface area contributed by atoms with Crippen LogP contribution >= 0.6 is 0 Å². The lowest BCUT2D eigenvalue weighted by Gasteiger charge is -2.29. The Balaban J connectivity index is 1.81. The summed E-state index contributed by atoms with van der Waals surface area (Å²) in [5.41, 5.74) is 2.14. The van der Waals surface area contributed by atoms with Gasteiger partial charge >= 0.3 is 11.9 Å². The molecule has 9 nitrogen and oxygen atoms in total. The molecule has 0 saturated heterocycles. The van der Waals surface area contributed by atoms with Gasteiger partial charge in [-0.2, -0.15) is 0 Å². The molecule has 0 aromatic heterocycles. The first-order chi connectivity index (χ1) is 16.2. The highest BCUT2D eigenvalue weighted by Crippen LogP contribution is 2.39. The van der Waals surface area contributed by atoms with E-state index in [1.54, 1.807) is 19.9 Å². The number of carboxylic acids is 1. The van der Waals surface area contributed by atoms with Crippen LogP contribution in [0.3, 0.4) is 0 Å². The molecule has 0 radical (unpaired) electrons. The standard InChI is InChI=1S/C25H27N3O6/c1-16-21(24(29)30)23(19-10-7-11-20(14-19)28(32)33)22(17(2)26-16)25(31)34-13-12-27(3)15-18-8-5-4-6-9-18/h4-11,14,23,26H,12-13,15H2,1-3H3,(H,29,30). The van der Waals surface area contributed by atoms with E-state index in [0.29, 0.717) is 30.0 Å². The second-order valence-corrected chi connectivity index (χ2v) is 8.15. The summed E-state index contributed by atoms with van der Waals surface area (Å²) in [6.45, 7) is 4.51. The van der Waals surface area contributed by atoms with Crippen molar-refractivity contribution in [3.8, 4) is 0 Å². The summed E-state index contributed by atoms with van der Waals surface area (Å²) in [4.78, 5) is 38.0. The normalized spacial score (nSPS) is 15.8. The summed E-state index contributed by atoms with van der Waals surface area (Å²) >= 11 is 0. The molecule has 1 aliphatic rings. The van der Waals surface area contributed by atoms with Crippen LogP contribution in [0.5, 0.6) is 0 Å². The number of benzene rings is 2. The number of dihydropyridines is 1. The number of hydrogen-bond acceptors (Lipinski definition) is 7. The quantitative estimate of drug-likeness (QED) is 0.327. The predicted molar refractivity (Wildman–Crippen MR) is 126 cm³/mol. The van der Waals surface area contributed by atoms with Gasteiger partial charge in [-0.3, -0.25) is 15.0 Å². The fourth-order valence-corrected chi connectivity index (χ4v) is 4.05. The molecule has 0 saturated carbocycles. The van der Waals surface area contributed by atoms with Gasteiger partial charge in [0.1, 0.15) is 6.61 Å². The Morgan fingerprint density at radius 1 is 1.09 bits per heavy atom. The van der Waals surface area contributed by atoms with E-state index in [4.69, 9.17) is 4.74 Å². The molecule has 1 heterocycles. The van der Waals surface area contributed by atoms with Gasteiger partial charge in [0, 0.05) is 36.6 Å². The summed E-state index contributed by atoms with van der Waals surface area (Å²) in [7, 11) is 1.91. The first kappa shape index (κ1) is 24.7. The van der Waals surface area contributed by atoms with Crippen LogP contribution in [0.1, 0.15) is 30.9 Å². The van der Waals surface area contributed by atoms with E-state index in [1.165, 1.54) is 18.2 Å². The fourth-order valence-electron chi connectivity index (χ4n) is 4.05. The van der Waals surface area contributed by atoms with Crippen LogP contribution in [0.2, 0.25) is 0 Å². The van der Waals surface area contributed by atoms with Crippen molar-refractivity contribution in [3.63, 3.8) is 0 Å². The maximum atomic E-state index is 13.1. The molecule has 0 fully saturated rings. The van der Waals surface area contributed by atoms with E-state index < -0.39 is 22.8 Å². The van der Waals surface area contributed by atoms with E-state index in [1.807, 2.05) is 42.3 Å². The number of nitro groups is 1. The number of nitrogens with one attached hydrogen (secondary N) is 1. The van der Waals surface area contributed by atoms with E-state index in [0.717, 1.165) is 5.56 Å².